The zero-order valence-corrected chi connectivity index (χ0v) is 22.3. The topological polar surface area (TPSA) is 199 Å². The van der Waals surface area contributed by atoms with Gasteiger partial charge < -0.3 is 49.2 Å². The number of esters is 3. The number of phenolic OH excluding ortho intramolecular Hbond substituents is 3. The maximum Gasteiger partial charge on any atom is 0.338 e. The van der Waals surface area contributed by atoms with Gasteiger partial charge in [-0.1, -0.05) is 6.07 Å². The van der Waals surface area contributed by atoms with E-state index in [4.69, 9.17) is 18.9 Å². The maximum absolute atomic E-state index is 12.7. The number of methoxy groups -OCH3 is 3. The molecule has 1 aliphatic carbocycles. The molecule has 0 aliphatic heterocycles. The fourth-order valence-electron chi connectivity index (χ4n) is 4.21. The highest BCUT2D eigenvalue weighted by molar-refractivity contribution is 5.89. The van der Waals surface area contributed by atoms with Gasteiger partial charge in [-0.3, -0.25) is 0 Å². The zero-order valence-electron chi connectivity index (χ0n) is 22.3. The quantitative estimate of drug-likeness (QED) is 0.125. The number of carbonyl (C=O) groups is 3. The van der Waals surface area contributed by atoms with Crippen LogP contribution in [0.2, 0.25) is 0 Å². The largest absolute Gasteiger partial charge is 0.504 e. The van der Waals surface area contributed by atoms with E-state index in [1.165, 1.54) is 56.7 Å². The standard InChI is InChI=1S/C28H30O13/c1-37-20-11-16(12-21(38-2)25(20)34)6-9-24(33)41-26-19(31)13-28(36,27(35)39-3)14-22(26)40-23(32)8-5-15-4-7-17(29)18(30)10-15/h4-12,19,22,26,29-31,34,36H,13-14H2,1-3H3/t19-,22-,26+,28+/m1/s1. The Morgan fingerprint density at radius 2 is 1.41 bits per heavy atom. The Bertz CT molecular complexity index is 1320. The number of carbonyl (C=O) groups excluding carboxylic acids is 3. The normalized spacial score (nSPS) is 22.3. The van der Waals surface area contributed by atoms with E-state index < -0.39 is 60.4 Å². The SMILES string of the molecule is COC(=O)[C@]1(O)C[C@@H](O)[C@H](OC(=O)C=Cc2cc(OC)c(O)c(OC)c2)[C@H](OC(=O)C=Cc2ccc(O)c(O)c2)C1. The van der Waals surface area contributed by atoms with Gasteiger partial charge in [0, 0.05) is 25.0 Å². The van der Waals surface area contributed by atoms with Crippen molar-refractivity contribution in [1.82, 2.24) is 0 Å². The Labute approximate surface area is 234 Å². The third-order valence-corrected chi connectivity index (χ3v) is 6.24. The van der Waals surface area contributed by atoms with Gasteiger partial charge in [0.05, 0.1) is 27.4 Å². The Morgan fingerprint density at radius 3 is 1.98 bits per heavy atom. The van der Waals surface area contributed by atoms with Crippen LogP contribution in [0.15, 0.2) is 42.5 Å². The number of aromatic hydroxyl groups is 3. The first-order chi connectivity index (χ1) is 19.4. The van der Waals surface area contributed by atoms with Crippen molar-refractivity contribution in [2.45, 2.75) is 36.8 Å². The van der Waals surface area contributed by atoms with Gasteiger partial charge in [-0.2, -0.15) is 0 Å². The molecule has 0 unspecified atom stereocenters. The Kier molecular flexibility index (Phi) is 9.81. The zero-order chi connectivity index (χ0) is 30.3. The number of ether oxygens (including phenoxy) is 5. The molecule has 0 aromatic heterocycles. The van der Waals surface area contributed by atoms with Crippen molar-refractivity contribution in [3.63, 3.8) is 0 Å². The molecule has 41 heavy (non-hydrogen) atoms. The number of rotatable bonds is 9. The first kappa shape index (κ1) is 30.8. The minimum atomic E-state index is -2.23. The van der Waals surface area contributed by atoms with Crippen LogP contribution < -0.4 is 9.47 Å². The summed E-state index contributed by atoms with van der Waals surface area (Å²) in [6, 6.07) is 6.67. The molecular formula is C28H30O13. The summed E-state index contributed by atoms with van der Waals surface area (Å²) in [5.41, 5.74) is -1.50. The smallest absolute Gasteiger partial charge is 0.338 e. The molecule has 1 aliphatic rings. The summed E-state index contributed by atoms with van der Waals surface area (Å²) >= 11 is 0. The molecule has 13 nitrogen and oxygen atoms in total. The fourth-order valence-corrected chi connectivity index (χ4v) is 4.21. The summed E-state index contributed by atoms with van der Waals surface area (Å²) in [6.45, 7) is 0. The highest BCUT2D eigenvalue weighted by Gasteiger charge is 2.52. The van der Waals surface area contributed by atoms with Gasteiger partial charge >= 0.3 is 17.9 Å². The monoisotopic (exact) mass is 574 g/mol. The number of hydrogen-bond acceptors (Lipinski definition) is 13. The third-order valence-electron chi connectivity index (χ3n) is 6.24. The second kappa shape index (κ2) is 13.1. The van der Waals surface area contributed by atoms with Crippen LogP contribution in [0.25, 0.3) is 12.2 Å². The van der Waals surface area contributed by atoms with E-state index in [1.807, 2.05) is 0 Å². The second-order valence-corrected chi connectivity index (χ2v) is 9.06. The highest BCUT2D eigenvalue weighted by atomic mass is 16.6. The molecule has 2 aromatic rings. The van der Waals surface area contributed by atoms with E-state index in [9.17, 15) is 39.9 Å². The van der Waals surface area contributed by atoms with Gasteiger partial charge in [0.1, 0.15) is 6.10 Å². The molecule has 1 fully saturated rings. The Hall–Kier alpha value is -4.75. The maximum atomic E-state index is 12.7. The van der Waals surface area contributed by atoms with Crippen molar-refractivity contribution in [3.8, 4) is 28.7 Å². The number of hydrogen-bond donors (Lipinski definition) is 5. The van der Waals surface area contributed by atoms with E-state index in [0.717, 1.165) is 19.3 Å². The lowest BCUT2D eigenvalue weighted by atomic mass is 9.79. The number of benzene rings is 2. The molecule has 5 N–H and O–H groups in total. The minimum Gasteiger partial charge on any atom is -0.504 e. The van der Waals surface area contributed by atoms with E-state index >= 15 is 0 Å². The lowest BCUT2D eigenvalue weighted by molar-refractivity contribution is -0.206. The van der Waals surface area contributed by atoms with E-state index in [0.29, 0.717) is 11.1 Å². The molecular weight excluding hydrogens is 544 g/mol. The van der Waals surface area contributed by atoms with Crippen LogP contribution in [0.4, 0.5) is 0 Å². The first-order valence-corrected chi connectivity index (χ1v) is 12.1. The summed E-state index contributed by atoms with van der Waals surface area (Å²) in [6.07, 6.45) is -1.13. The van der Waals surface area contributed by atoms with Crippen molar-refractivity contribution in [1.29, 1.82) is 0 Å². The molecule has 0 amide bonds. The van der Waals surface area contributed by atoms with Gasteiger partial charge in [0.2, 0.25) is 5.75 Å². The number of aliphatic hydroxyl groups is 2. The first-order valence-electron chi connectivity index (χ1n) is 12.1. The van der Waals surface area contributed by atoms with Crippen molar-refractivity contribution in [2.24, 2.45) is 0 Å². The summed E-state index contributed by atoms with van der Waals surface area (Å²) in [7, 11) is 3.70. The molecule has 0 radical (unpaired) electrons. The molecule has 3 rings (SSSR count). The predicted octanol–water partition coefficient (Wildman–Crippen LogP) is 1.43. The highest BCUT2D eigenvalue weighted by Crippen LogP contribution is 2.38. The van der Waals surface area contributed by atoms with E-state index in [1.54, 1.807) is 0 Å². The summed E-state index contributed by atoms with van der Waals surface area (Å²) in [4.78, 5) is 37.5. The molecule has 2 aromatic carbocycles. The lowest BCUT2D eigenvalue weighted by Crippen LogP contribution is -2.58. The van der Waals surface area contributed by atoms with Crippen LogP contribution in [0.1, 0.15) is 24.0 Å². The van der Waals surface area contributed by atoms with E-state index in [-0.39, 0.29) is 23.0 Å². The van der Waals surface area contributed by atoms with Gasteiger partial charge in [0.15, 0.2) is 34.7 Å². The van der Waals surface area contributed by atoms with Crippen molar-refractivity contribution < 1.29 is 63.6 Å². The summed E-state index contributed by atoms with van der Waals surface area (Å²) in [5, 5.41) is 50.6. The molecule has 4 atom stereocenters. The lowest BCUT2D eigenvalue weighted by Gasteiger charge is -2.41. The fraction of sp³-hybridized carbons (Fsp3) is 0.321. The Morgan fingerprint density at radius 1 is 0.829 bits per heavy atom. The van der Waals surface area contributed by atoms with Gasteiger partial charge in [-0.15, -0.1) is 0 Å². The van der Waals surface area contributed by atoms with Crippen molar-refractivity contribution >= 4 is 30.1 Å². The van der Waals surface area contributed by atoms with Crippen molar-refractivity contribution in [3.05, 3.63) is 53.6 Å². The Balaban J connectivity index is 1.80. The molecule has 13 heteroatoms. The molecule has 0 spiro atoms. The van der Waals surface area contributed by atoms with Gasteiger partial charge in [-0.25, -0.2) is 14.4 Å². The predicted molar refractivity (Wildman–Crippen MR) is 141 cm³/mol. The third kappa shape index (κ3) is 7.47. The van der Waals surface area contributed by atoms with Crippen LogP contribution in [0.3, 0.4) is 0 Å². The van der Waals surface area contributed by atoms with E-state index in [2.05, 4.69) is 4.74 Å². The minimum absolute atomic E-state index is 0.0877. The van der Waals surface area contributed by atoms with Crippen LogP contribution in [0, 0.1) is 0 Å². The summed E-state index contributed by atoms with van der Waals surface area (Å²) < 4.78 is 25.5. The van der Waals surface area contributed by atoms with Crippen LogP contribution in [-0.4, -0.2) is 88.7 Å². The van der Waals surface area contributed by atoms with Crippen LogP contribution >= 0.6 is 0 Å². The molecule has 1 saturated carbocycles. The average Bonchev–Trinajstić information content (AvgIpc) is 2.94. The van der Waals surface area contributed by atoms with Crippen LogP contribution in [-0.2, 0) is 28.6 Å². The summed E-state index contributed by atoms with van der Waals surface area (Å²) in [5.74, 6) is -3.85. The van der Waals surface area contributed by atoms with Gasteiger partial charge in [0.25, 0.3) is 0 Å². The number of phenols is 3. The van der Waals surface area contributed by atoms with Gasteiger partial charge in [-0.05, 0) is 47.5 Å². The molecule has 0 heterocycles. The molecule has 220 valence electrons. The number of aliphatic hydroxyl groups excluding tert-OH is 1. The van der Waals surface area contributed by atoms with Crippen LogP contribution in [0.5, 0.6) is 28.7 Å². The van der Waals surface area contributed by atoms with Crippen molar-refractivity contribution in [2.75, 3.05) is 21.3 Å². The molecule has 0 bridgehead atoms. The average molecular weight is 575 g/mol. The second-order valence-electron chi connectivity index (χ2n) is 9.06. The molecule has 0 saturated heterocycles.